The summed E-state index contributed by atoms with van der Waals surface area (Å²) in [6.45, 7) is 1.53. The zero-order chi connectivity index (χ0) is 15.1. The third kappa shape index (κ3) is 4.92. The molecular formula is C13H26O7. The highest BCUT2D eigenvalue weighted by molar-refractivity contribution is 4.88. The first-order chi connectivity index (χ1) is 9.51. The molecule has 6 atom stereocenters. The average Bonchev–Trinajstić information content (AvgIpc) is 2.44. The minimum atomic E-state index is -1.46. The molecular weight excluding hydrogens is 268 g/mol. The predicted octanol–water partition coefficient (Wildman–Crippen LogP) is -1.26. The highest BCUT2D eigenvalue weighted by Gasteiger charge is 2.44. The first-order valence-corrected chi connectivity index (χ1v) is 7.11. The maximum absolute atomic E-state index is 9.72. The van der Waals surface area contributed by atoms with E-state index in [-0.39, 0.29) is 6.61 Å². The van der Waals surface area contributed by atoms with Gasteiger partial charge in [0.15, 0.2) is 6.29 Å². The van der Waals surface area contributed by atoms with E-state index in [1.165, 1.54) is 0 Å². The summed E-state index contributed by atoms with van der Waals surface area (Å²) in [6.07, 6.45) is -3.56. The van der Waals surface area contributed by atoms with Gasteiger partial charge in [0.05, 0.1) is 19.3 Å². The Bertz CT molecular complexity index is 261. The van der Waals surface area contributed by atoms with Gasteiger partial charge in [0.1, 0.15) is 24.4 Å². The van der Waals surface area contributed by atoms with E-state index in [9.17, 15) is 20.4 Å². The summed E-state index contributed by atoms with van der Waals surface area (Å²) in [5, 5.41) is 47.6. The number of aliphatic hydroxyl groups is 5. The normalized spacial score (nSPS) is 36.0. The summed E-state index contributed by atoms with van der Waals surface area (Å²) in [6, 6.07) is 0. The molecule has 7 nitrogen and oxygen atoms in total. The SMILES string of the molecule is CCCCCC(O)CO[C@H]1O[C@H](CO)[C@@H](O)[C@H](O)[C@H]1O. The number of aliphatic hydroxyl groups excluding tert-OH is 5. The Morgan fingerprint density at radius 1 is 1.10 bits per heavy atom. The first kappa shape index (κ1) is 17.8. The fraction of sp³-hybridized carbons (Fsp3) is 1.00. The van der Waals surface area contributed by atoms with Crippen LogP contribution in [0.25, 0.3) is 0 Å². The summed E-state index contributed by atoms with van der Waals surface area (Å²) in [5.74, 6) is 0. The van der Waals surface area contributed by atoms with E-state index in [2.05, 4.69) is 6.92 Å². The van der Waals surface area contributed by atoms with Gasteiger partial charge in [0.25, 0.3) is 0 Å². The molecule has 20 heavy (non-hydrogen) atoms. The van der Waals surface area contributed by atoms with Gasteiger partial charge in [0.2, 0.25) is 0 Å². The minimum Gasteiger partial charge on any atom is -0.394 e. The Labute approximate surface area is 118 Å². The molecule has 1 aliphatic heterocycles. The van der Waals surface area contributed by atoms with Crippen molar-refractivity contribution in [1.82, 2.24) is 0 Å². The lowest BCUT2D eigenvalue weighted by Gasteiger charge is -2.39. The molecule has 0 aromatic carbocycles. The van der Waals surface area contributed by atoms with Crippen molar-refractivity contribution >= 4 is 0 Å². The zero-order valence-corrected chi connectivity index (χ0v) is 11.8. The second-order valence-electron chi connectivity index (χ2n) is 5.18. The Balaban J connectivity index is 2.38. The number of rotatable bonds is 8. The van der Waals surface area contributed by atoms with Crippen molar-refractivity contribution in [3.8, 4) is 0 Å². The van der Waals surface area contributed by atoms with Crippen molar-refractivity contribution < 1.29 is 35.0 Å². The number of hydrogen-bond acceptors (Lipinski definition) is 7. The summed E-state index contributed by atoms with van der Waals surface area (Å²) in [5.41, 5.74) is 0. The Morgan fingerprint density at radius 2 is 1.80 bits per heavy atom. The van der Waals surface area contributed by atoms with E-state index < -0.39 is 43.4 Å². The second kappa shape index (κ2) is 8.89. The maximum atomic E-state index is 9.72. The van der Waals surface area contributed by atoms with Crippen molar-refractivity contribution in [3.63, 3.8) is 0 Å². The molecule has 1 unspecified atom stereocenters. The van der Waals surface area contributed by atoms with Crippen LogP contribution >= 0.6 is 0 Å². The molecule has 7 heteroatoms. The third-order valence-corrected chi connectivity index (χ3v) is 3.44. The maximum Gasteiger partial charge on any atom is 0.186 e. The van der Waals surface area contributed by atoms with Crippen molar-refractivity contribution in [1.29, 1.82) is 0 Å². The molecule has 0 radical (unpaired) electrons. The van der Waals surface area contributed by atoms with Crippen molar-refractivity contribution in [2.45, 2.75) is 69.4 Å². The monoisotopic (exact) mass is 294 g/mol. The molecule has 120 valence electrons. The van der Waals surface area contributed by atoms with E-state index in [1.54, 1.807) is 0 Å². The number of unbranched alkanes of at least 4 members (excludes halogenated alkanes) is 2. The van der Waals surface area contributed by atoms with Gasteiger partial charge >= 0.3 is 0 Å². The van der Waals surface area contributed by atoms with Crippen LogP contribution in [-0.4, -0.2) is 75.6 Å². The van der Waals surface area contributed by atoms with Crippen LogP contribution in [0.2, 0.25) is 0 Å². The average molecular weight is 294 g/mol. The van der Waals surface area contributed by atoms with Crippen LogP contribution in [0, 0.1) is 0 Å². The van der Waals surface area contributed by atoms with Crippen LogP contribution < -0.4 is 0 Å². The van der Waals surface area contributed by atoms with Crippen LogP contribution in [-0.2, 0) is 9.47 Å². The van der Waals surface area contributed by atoms with E-state index in [0.29, 0.717) is 6.42 Å². The summed E-state index contributed by atoms with van der Waals surface area (Å²) < 4.78 is 10.4. The number of hydrogen-bond donors (Lipinski definition) is 5. The highest BCUT2D eigenvalue weighted by Crippen LogP contribution is 2.22. The molecule has 0 saturated carbocycles. The minimum absolute atomic E-state index is 0.0353. The predicted molar refractivity (Wildman–Crippen MR) is 69.9 cm³/mol. The molecule has 0 aliphatic carbocycles. The van der Waals surface area contributed by atoms with Gasteiger partial charge < -0.3 is 35.0 Å². The van der Waals surface area contributed by atoms with Crippen LogP contribution in [0.4, 0.5) is 0 Å². The summed E-state index contributed by atoms with van der Waals surface area (Å²) >= 11 is 0. The Kier molecular flexibility index (Phi) is 7.90. The van der Waals surface area contributed by atoms with Gasteiger partial charge in [-0.3, -0.25) is 0 Å². The largest absolute Gasteiger partial charge is 0.394 e. The molecule has 5 N–H and O–H groups in total. The van der Waals surface area contributed by atoms with E-state index in [4.69, 9.17) is 14.6 Å². The van der Waals surface area contributed by atoms with Gasteiger partial charge in [0, 0.05) is 0 Å². The molecule has 0 bridgehead atoms. The lowest BCUT2D eigenvalue weighted by Crippen LogP contribution is -2.59. The lowest BCUT2D eigenvalue weighted by molar-refractivity contribution is -0.304. The molecule has 1 fully saturated rings. The van der Waals surface area contributed by atoms with E-state index in [1.807, 2.05) is 0 Å². The molecule has 0 aromatic heterocycles. The smallest absolute Gasteiger partial charge is 0.186 e. The molecule has 1 aliphatic rings. The molecule has 0 spiro atoms. The van der Waals surface area contributed by atoms with Crippen LogP contribution in [0.15, 0.2) is 0 Å². The lowest BCUT2D eigenvalue weighted by atomic mass is 9.99. The van der Waals surface area contributed by atoms with Crippen molar-refractivity contribution in [3.05, 3.63) is 0 Å². The van der Waals surface area contributed by atoms with Crippen LogP contribution in [0.5, 0.6) is 0 Å². The van der Waals surface area contributed by atoms with Crippen LogP contribution in [0.1, 0.15) is 32.6 Å². The van der Waals surface area contributed by atoms with Gasteiger partial charge in [-0.15, -0.1) is 0 Å². The third-order valence-electron chi connectivity index (χ3n) is 3.44. The zero-order valence-electron chi connectivity index (χ0n) is 11.8. The molecule has 0 amide bonds. The first-order valence-electron chi connectivity index (χ1n) is 7.11. The topological polar surface area (TPSA) is 120 Å². The van der Waals surface area contributed by atoms with Crippen molar-refractivity contribution in [2.24, 2.45) is 0 Å². The molecule has 1 saturated heterocycles. The summed E-state index contributed by atoms with van der Waals surface area (Å²) in [7, 11) is 0. The number of ether oxygens (including phenoxy) is 2. The van der Waals surface area contributed by atoms with Crippen molar-refractivity contribution in [2.75, 3.05) is 13.2 Å². The van der Waals surface area contributed by atoms with Gasteiger partial charge in [-0.1, -0.05) is 26.2 Å². The summed E-state index contributed by atoms with van der Waals surface area (Å²) in [4.78, 5) is 0. The quantitative estimate of drug-likeness (QED) is 0.355. The van der Waals surface area contributed by atoms with Gasteiger partial charge in [-0.05, 0) is 6.42 Å². The molecule has 1 heterocycles. The molecule has 1 rings (SSSR count). The molecule has 0 aromatic rings. The highest BCUT2D eigenvalue weighted by atomic mass is 16.7. The van der Waals surface area contributed by atoms with Gasteiger partial charge in [-0.25, -0.2) is 0 Å². The fourth-order valence-corrected chi connectivity index (χ4v) is 2.12. The standard InChI is InChI=1S/C13H26O7/c1-2-3-4-5-8(15)7-19-13-12(18)11(17)10(16)9(6-14)20-13/h8-18H,2-7H2,1H3/t8?,9-,10-,11+,12-,13+/m1/s1. The van der Waals surface area contributed by atoms with E-state index in [0.717, 1.165) is 19.3 Å². The fourth-order valence-electron chi connectivity index (χ4n) is 2.12. The Hall–Kier alpha value is -0.280. The van der Waals surface area contributed by atoms with E-state index >= 15 is 0 Å². The Morgan fingerprint density at radius 3 is 2.40 bits per heavy atom. The van der Waals surface area contributed by atoms with Crippen LogP contribution in [0.3, 0.4) is 0 Å². The van der Waals surface area contributed by atoms with Gasteiger partial charge in [-0.2, -0.15) is 0 Å². The second-order valence-corrected chi connectivity index (χ2v) is 5.18.